The second-order valence-corrected chi connectivity index (χ2v) is 2.61. The first-order valence-corrected chi connectivity index (χ1v) is 3.58. The first-order chi connectivity index (χ1) is 5.77. The van der Waals surface area contributed by atoms with Crippen molar-refractivity contribution in [1.82, 2.24) is 20.2 Å². The van der Waals surface area contributed by atoms with Crippen LogP contribution < -0.4 is 5.73 Å². The van der Waals surface area contributed by atoms with Gasteiger partial charge in [0.2, 0.25) is 0 Å². The first-order valence-electron chi connectivity index (χ1n) is 3.58. The SMILES string of the molecule is [NH3+]C(=O)C1=CCc2nnnn2C1. The zero-order valence-electron chi connectivity index (χ0n) is 6.40. The van der Waals surface area contributed by atoms with Gasteiger partial charge in [0.15, 0.2) is 5.82 Å². The Kier molecular flexibility index (Phi) is 1.47. The summed E-state index contributed by atoms with van der Waals surface area (Å²) in [7, 11) is 0. The molecule has 12 heavy (non-hydrogen) atoms. The van der Waals surface area contributed by atoms with Crippen molar-refractivity contribution in [2.75, 3.05) is 0 Å². The quantitative estimate of drug-likeness (QED) is 0.518. The van der Waals surface area contributed by atoms with Gasteiger partial charge in [-0.2, -0.15) is 0 Å². The molecule has 0 bridgehead atoms. The van der Waals surface area contributed by atoms with Gasteiger partial charge in [-0.05, 0) is 10.4 Å². The second kappa shape index (κ2) is 2.49. The van der Waals surface area contributed by atoms with Crippen molar-refractivity contribution in [3.63, 3.8) is 0 Å². The van der Waals surface area contributed by atoms with Gasteiger partial charge in [-0.15, -0.1) is 5.10 Å². The molecule has 2 rings (SSSR count). The molecule has 1 aliphatic rings. The molecule has 0 saturated carbocycles. The molecule has 0 saturated heterocycles. The molecular formula is C6H8N5O+. The summed E-state index contributed by atoms with van der Waals surface area (Å²) in [5.41, 5.74) is 4.01. The highest BCUT2D eigenvalue weighted by Crippen LogP contribution is 2.08. The lowest BCUT2D eigenvalue weighted by molar-refractivity contribution is -0.299. The van der Waals surface area contributed by atoms with Gasteiger partial charge in [-0.1, -0.05) is 6.08 Å². The maximum Gasteiger partial charge on any atom is 0.338 e. The maximum absolute atomic E-state index is 10.9. The molecule has 62 valence electrons. The molecule has 0 atom stereocenters. The molecule has 1 aromatic rings. The van der Waals surface area contributed by atoms with Gasteiger partial charge >= 0.3 is 5.91 Å². The lowest BCUT2D eigenvalue weighted by atomic mass is 10.1. The van der Waals surface area contributed by atoms with Crippen molar-refractivity contribution in [3.8, 4) is 0 Å². The van der Waals surface area contributed by atoms with Crippen LogP contribution in [0, 0.1) is 0 Å². The fourth-order valence-electron chi connectivity index (χ4n) is 1.13. The molecular weight excluding hydrogens is 158 g/mol. The van der Waals surface area contributed by atoms with E-state index in [1.165, 1.54) is 0 Å². The first kappa shape index (κ1) is 7.11. The number of carbonyl (C=O) groups excluding carboxylic acids is 1. The number of fused-ring (bicyclic) bond motifs is 1. The fraction of sp³-hybridized carbons (Fsp3) is 0.333. The summed E-state index contributed by atoms with van der Waals surface area (Å²) in [5, 5.41) is 11.0. The van der Waals surface area contributed by atoms with Crippen molar-refractivity contribution in [3.05, 3.63) is 17.5 Å². The number of allylic oxidation sites excluding steroid dienone is 1. The Balaban J connectivity index is 2.29. The topological polar surface area (TPSA) is 88.3 Å². The average Bonchev–Trinajstić information content (AvgIpc) is 2.49. The van der Waals surface area contributed by atoms with E-state index in [0.717, 1.165) is 5.82 Å². The lowest BCUT2D eigenvalue weighted by Crippen LogP contribution is -2.58. The van der Waals surface area contributed by atoms with E-state index in [0.29, 0.717) is 18.5 Å². The van der Waals surface area contributed by atoms with E-state index in [4.69, 9.17) is 0 Å². The number of quaternary nitrogens is 1. The number of aromatic nitrogens is 4. The van der Waals surface area contributed by atoms with Crippen LogP contribution in [0.25, 0.3) is 0 Å². The van der Waals surface area contributed by atoms with Crippen molar-refractivity contribution in [2.24, 2.45) is 0 Å². The molecule has 0 radical (unpaired) electrons. The van der Waals surface area contributed by atoms with E-state index in [1.807, 2.05) is 6.08 Å². The third-order valence-corrected chi connectivity index (χ3v) is 1.82. The molecule has 1 aliphatic heterocycles. The number of amides is 1. The molecule has 0 fully saturated rings. The second-order valence-electron chi connectivity index (χ2n) is 2.61. The minimum atomic E-state index is -0.156. The smallest absolute Gasteiger partial charge is 0.290 e. The lowest BCUT2D eigenvalue weighted by Gasteiger charge is -2.07. The summed E-state index contributed by atoms with van der Waals surface area (Å²) in [6.07, 6.45) is 2.44. The van der Waals surface area contributed by atoms with Crippen molar-refractivity contribution < 1.29 is 10.5 Å². The van der Waals surface area contributed by atoms with Crippen LogP contribution in [-0.4, -0.2) is 26.1 Å². The number of tetrazole rings is 1. The Morgan fingerprint density at radius 3 is 3.25 bits per heavy atom. The summed E-state index contributed by atoms with van der Waals surface area (Å²) >= 11 is 0. The van der Waals surface area contributed by atoms with E-state index < -0.39 is 0 Å². The molecule has 0 spiro atoms. The summed E-state index contributed by atoms with van der Waals surface area (Å²) in [6, 6.07) is 0. The standard InChI is InChI=1S/C6H7N5O/c7-6(12)4-1-2-5-8-9-10-11(5)3-4/h1H,2-3H2,(H2,7,12)/p+1. The van der Waals surface area contributed by atoms with E-state index in [1.54, 1.807) is 4.68 Å². The molecule has 1 amide bonds. The highest BCUT2D eigenvalue weighted by atomic mass is 16.1. The number of carbonyl (C=O) groups is 1. The zero-order chi connectivity index (χ0) is 8.55. The summed E-state index contributed by atoms with van der Waals surface area (Å²) in [4.78, 5) is 10.9. The van der Waals surface area contributed by atoms with Crippen LogP contribution in [0.15, 0.2) is 11.6 Å². The van der Waals surface area contributed by atoms with Crippen LogP contribution in [0.5, 0.6) is 0 Å². The highest BCUT2D eigenvalue weighted by Gasteiger charge is 2.17. The predicted molar refractivity (Wildman–Crippen MR) is 37.5 cm³/mol. The van der Waals surface area contributed by atoms with E-state index in [2.05, 4.69) is 21.3 Å². The fourth-order valence-corrected chi connectivity index (χ4v) is 1.13. The number of hydrogen-bond acceptors (Lipinski definition) is 4. The minimum Gasteiger partial charge on any atom is -0.290 e. The van der Waals surface area contributed by atoms with Crippen molar-refractivity contribution in [1.29, 1.82) is 0 Å². The molecule has 0 aliphatic carbocycles. The van der Waals surface area contributed by atoms with Gasteiger partial charge in [0, 0.05) is 6.42 Å². The van der Waals surface area contributed by atoms with Gasteiger partial charge in [0.1, 0.15) is 0 Å². The van der Waals surface area contributed by atoms with Crippen molar-refractivity contribution >= 4 is 5.91 Å². The Hall–Kier alpha value is -1.56. The third kappa shape index (κ3) is 1.02. The highest BCUT2D eigenvalue weighted by molar-refractivity contribution is 5.84. The van der Waals surface area contributed by atoms with Gasteiger partial charge in [-0.3, -0.25) is 5.73 Å². The van der Waals surface area contributed by atoms with Crippen LogP contribution >= 0.6 is 0 Å². The molecule has 1 aromatic heterocycles. The van der Waals surface area contributed by atoms with Crippen LogP contribution in [0.1, 0.15) is 5.82 Å². The van der Waals surface area contributed by atoms with Crippen LogP contribution in [-0.2, 0) is 17.8 Å². The van der Waals surface area contributed by atoms with E-state index >= 15 is 0 Å². The number of hydrogen-bond donors (Lipinski definition) is 1. The average molecular weight is 166 g/mol. The predicted octanol–water partition coefficient (Wildman–Crippen LogP) is -2.08. The molecule has 2 heterocycles. The van der Waals surface area contributed by atoms with E-state index in [9.17, 15) is 4.79 Å². The van der Waals surface area contributed by atoms with Gasteiger partial charge < -0.3 is 0 Å². The van der Waals surface area contributed by atoms with Gasteiger partial charge in [0.25, 0.3) is 0 Å². The Morgan fingerprint density at radius 2 is 2.50 bits per heavy atom. The minimum absolute atomic E-state index is 0.156. The van der Waals surface area contributed by atoms with Gasteiger partial charge in [-0.25, -0.2) is 9.48 Å². The molecule has 3 N–H and O–H groups in total. The van der Waals surface area contributed by atoms with Crippen LogP contribution in [0.3, 0.4) is 0 Å². The Labute approximate surface area is 68.0 Å². The van der Waals surface area contributed by atoms with Gasteiger partial charge in [0.05, 0.1) is 12.1 Å². The monoisotopic (exact) mass is 166 g/mol. The normalized spacial score (nSPS) is 15.2. The van der Waals surface area contributed by atoms with Crippen molar-refractivity contribution in [2.45, 2.75) is 13.0 Å². The summed E-state index contributed by atoms with van der Waals surface area (Å²) < 4.78 is 1.61. The largest absolute Gasteiger partial charge is 0.338 e. The maximum atomic E-state index is 10.9. The molecule has 0 aromatic carbocycles. The molecule has 6 nitrogen and oxygen atoms in total. The Morgan fingerprint density at radius 1 is 1.67 bits per heavy atom. The van der Waals surface area contributed by atoms with Crippen LogP contribution in [0.4, 0.5) is 0 Å². The number of nitrogens with zero attached hydrogens (tertiary/aromatic N) is 4. The Bertz CT molecular complexity index is 353. The van der Waals surface area contributed by atoms with Crippen LogP contribution in [0.2, 0.25) is 0 Å². The number of rotatable bonds is 1. The molecule has 0 unspecified atom stereocenters. The zero-order valence-corrected chi connectivity index (χ0v) is 6.40. The molecule has 6 heteroatoms. The summed E-state index contributed by atoms with van der Waals surface area (Å²) in [5.74, 6) is 0.635. The third-order valence-electron chi connectivity index (χ3n) is 1.82. The summed E-state index contributed by atoms with van der Waals surface area (Å²) in [6.45, 7) is 0.449. The van der Waals surface area contributed by atoms with E-state index in [-0.39, 0.29) is 5.91 Å².